The molecule has 1 atom stereocenters. The van der Waals surface area contributed by atoms with Crippen LogP contribution < -0.4 is 10.1 Å². The van der Waals surface area contributed by atoms with Crippen molar-refractivity contribution in [2.75, 3.05) is 13.1 Å². The van der Waals surface area contributed by atoms with Crippen molar-refractivity contribution in [1.29, 1.82) is 0 Å². The van der Waals surface area contributed by atoms with Crippen LogP contribution in [0.4, 0.5) is 0 Å². The number of aromatic nitrogens is 2. The third-order valence-electron chi connectivity index (χ3n) is 1.83. The van der Waals surface area contributed by atoms with Crippen LogP contribution in [-0.4, -0.2) is 29.2 Å². The van der Waals surface area contributed by atoms with Gasteiger partial charge in [-0.15, -0.1) is 12.4 Å². The first kappa shape index (κ1) is 10.2. The molecule has 0 aromatic carbocycles. The first-order valence-electron chi connectivity index (χ1n) is 4.09. The molecule has 1 aliphatic heterocycles. The molecular weight excluding hydrogens is 190 g/mol. The lowest BCUT2D eigenvalue weighted by Gasteiger charge is -2.08. The summed E-state index contributed by atoms with van der Waals surface area (Å²) in [6.07, 6.45) is 4.65. The van der Waals surface area contributed by atoms with E-state index in [1.54, 1.807) is 18.5 Å². The van der Waals surface area contributed by atoms with Gasteiger partial charge in [0, 0.05) is 18.9 Å². The Kier molecular flexibility index (Phi) is 3.92. The van der Waals surface area contributed by atoms with Crippen molar-refractivity contribution in [1.82, 2.24) is 15.3 Å². The topological polar surface area (TPSA) is 47.0 Å². The molecule has 0 bridgehead atoms. The van der Waals surface area contributed by atoms with Gasteiger partial charge in [0.25, 0.3) is 0 Å². The van der Waals surface area contributed by atoms with Gasteiger partial charge in [-0.3, -0.25) is 0 Å². The maximum atomic E-state index is 5.49. The summed E-state index contributed by atoms with van der Waals surface area (Å²) in [5.41, 5.74) is 0. The summed E-state index contributed by atoms with van der Waals surface area (Å²) >= 11 is 0. The molecule has 1 aliphatic rings. The minimum Gasteiger partial charge on any atom is -0.459 e. The van der Waals surface area contributed by atoms with Gasteiger partial charge in [0.15, 0.2) is 0 Å². The number of ether oxygens (including phenoxy) is 1. The van der Waals surface area contributed by atoms with Crippen molar-refractivity contribution in [2.45, 2.75) is 12.5 Å². The van der Waals surface area contributed by atoms with E-state index in [1.165, 1.54) is 0 Å². The first-order chi connectivity index (χ1) is 5.95. The van der Waals surface area contributed by atoms with Crippen LogP contribution in [0.15, 0.2) is 18.5 Å². The Morgan fingerprint density at radius 1 is 1.38 bits per heavy atom. The SMILES string of the molecule is Cl.c1cnc(O[C@H]2CCNC2)nc1. The van der Waals surface area contributed by atoms with Gasteiger partial charge in [0.05, 0.1) is 0 Å². The zero-order valence-electron chi connectivity index (χ0n) is 7.14. The molecule has 1 N–H and O–H groups in total. The molecule has 2 heterocycles. The maximum absolute atomic E-state index is 5.49. The van der Waals surface area contributed by atoms with E-state index in [1.807, 2.05) is 0 Å². The van der Waals surface area contributed by atoms with E-state index in [0.29, 0.717) is 6.01 Å². The van der Waals surface area contributed by atoms with E-state index in [9.17, 15) is 0 Å². The molecule has 72 valence electrons. The second-order valence-corrected chi connectivity index (χ2v) is 2.76. The van der Waals surface area contributed by atoms with Crippen LogP contribution in [0.3, 0.4) is 0 Å². The molecule has 0 spiro atoms. The number of rotatable bonds is 2. The van der Waals surface area contributed by atoms with Crippen LogP contribution in [0, 0.1) is 0 Å². The molecule has 0 saturated carbocycles. The number of hydrogen-bond donors (Lipinski definition) is 1. The Labute approximate surface area is 83.1 Å². The summed E-state index contributed by atoms with van der Waals surface area (Å²) in [6, 6.07) is 2.26. The van der Waals surface area contributed by atoms with Crippen molar-refractivity contribution >= 4 is 12.4 Å². The van der Waals surface area contributed by atoms with Crippen molar-refractivity contribution in [3.63, 3.8) is 0 Å². The minimum absolute atomic E-state index is 0. The monoisotopic (exact) mass is 201 g/mol. The van der Waals surface area contributed by atoms with Gasteiger partial charge < -0.3 is 10.1 Å². The standard InChI is InChI=1S/C8H11N3O.ClH/c1-3-10-8(11-4-1)12-7-2-5-9-6-7;/h1,3-4,7,9H,2,5-6H2;1H/t7-;/m0./s1. The number of halogens is 1. The normalized spacial score (nSPS) is 20.8. The van der Waals surface area contributed by atoms with E-state index in [0.717, 1.165) is 19.5 Å². The first-order valence-corrected chi connectivity index (χ1v) is 4.09. The van der Waals surface area contributed by atoms with E-state index in [4.69, 9.17) is 4.74 Å². The fraction of sp³-hybridized carbons (Fsp3) is 0.500. The largest absolute Gasteiger partial charge is 0.459 e. The molecule has 1 aromatic rings. The zero-order valence-corrected chi connectivity index (χ0v) is 7.96. The lowest BCUT2D eigenvalue weighted by molar-refractivity contribution is 0.204. The summed E-state index contributed by atoms with van der Waals surface area (Å²) in [4.78, 5) is 7.96. The Morgan fingerprint density at radius 2 is 2.15 bits per heavy atom. The number of hydrogen-bond acceptors (Lipinski definition) is 4. The molecule has 1 fully saturated rings. The molecular formula is C8H12ClN3O. The van der Waals surface area contributed by atoms with Crippen molar-refractivity contribution in [3.05, 3.63) is 18.5 Å². The molecule has 1 aromatic heterocycles. The van der Waals surface area contributed by atoms with E-state index in [-0.39, 0.29) is 18.5 Å². The Balaban J connectivity index is 0.000000845. The second kappa shape index (κ2) is 4.99. The molecule has 0 unspecified atom stereocenters. The summed E-state index contributed by atoms with van der Waals surface area (Å²) in [5, 5.41) is 3.21. The fourth-order valence-corrected chi connectivity index (χ4v) is 1.22. The van der Waals surface area contributed by atoms with Crippen molar-refractivity contribution in [3.8, 4) is 6.01 Å². The lowest BCUT2D eigenvalue weighted by Crippen LogP contribution is -2.20. The summed E-state index contributed by atoms with van der Waals surface area (Å²) < 4.78 is 5.49. The van der Waals surface area contributed by atoms with E-state index < -0.39 is 0 Å². The highest BCUT2D eigenvalue weighted by molar-refractivity contribution is 5.85. The van der Waals surface area contributed by atoms with Gasteiger partial charge in [-0.05, 0) is 19.0 Å². The highest BCUT2D eigenvalue weighted by atomic mass is 35.5. The highest BCUT2D eigenvalue weighted by Crippen LogP contribution is 2.07. The predicted molar refractivity (Wildman–Crippen MR) is 51.2 cm³/mol. The van der Waals surface area contributed by atoms with Crippen LogP contribution in [0.25, 0.3) is 0 Å². The predicted octanol–water partition coefficient (Wildman–Crippen LogP) is 0.639. The molecule has 13 heavy (non-hydrogen) atoms. The Hall–Kier alpha value is -0.870. The average molecular weight is 202 g/mol. The molecule has 1 saturated heterocycles. The third kappa shape index (κ3) is 2.82. The second-order valence-electron chi connectivity index (χ2n) is 2.76. The maximum Gasteiger partial charge on any atom is 0.316 e. The van der Waals surface area contributed by atoms with E-state index in [2.05, 4.69) is 15.3 Å². The van der Waals surface area contributed by atoms with Crippen LogP contribution in [-0.2, 0) is 0 Å². The van der Waals surface area contributed by atoms with Gasteiger partial charge in [-0.2, -0.15) is 0 Å². The van der Waals surface area contributed by atoms with Gasteiger partial charge in [0.1, 0.15) is 6.10 Å². The number of nitrogens with zero attached hydrogens (tertiary/aromatic N) is 2. The van der Waals surface area contributed by atoms with Crippen molar-refractivity contribution in [2.24, 2.45) is 0 Å². The van der Waals surface area contributed by atoms with E-state index >= 15 is 0 Å². The summed E-state index contributed by atoms with van der Waals surface area (Å²) in [5.74, 6) is 0. The van der Waals surface area contributed by atoms with Crippen LogP contribution in [0.2, 0.25) is 0 Å². The van der Waals surface area contributed by atoms with Crippen LogP contribution in [0.1, 0.15) is 6.42 Å². The van der Waals surface area contributed by atoms with Gasteiger partial charge in [-0.25, -0.2) is 9.97 Å². The highest BCUT2D eigenvalue weighted by Gasteiger charge is 2.16. The molecule has 2 rings (SSSR count). The zero-order chi connectivity index (χ0) is 8.23. The summed E-state index contributed by atoms with van der Waals surface area (Å²) in [6.45, 7) is 1.93. The fourth-order valence-electron chi connectivity index (χ4n) is 1.22. The van der Waals surface area contributed by atoms with Crippen LogP contribution in [0.5, 0.6) is 6.01 Å². The molecule has 5 heteroatoms. The van der Waals surface area contributed by atoms with Crippen LogP contribution >= 0.6 is 12.4 Å². The number of nitrogens with one attached hydrogen (secondary N) is 1. The molecule has 4 nitrogen and oxygen atoms in total. The Morgan fingerprint density at radius 3 is 2.77 bits per heavy atom. The summed E-state index contributed by atoms with van der Waals surface area (Å²) in [7, 11) is 0. The average Bonchev–Trinajstić information content (AvgIpc) is 2.59. The quantitative estimate of drug-likeness (QED) is 0.763. The molecule has 0 aliphatic carbocycles. The lowest BCUT2D eigenvalue weighted by atomic mass is 10.3. The van der Waals surface area contributed by atoms with Gasteiger partial charge >= 0.3 is 6.01 Å². The Bertz CT molecular complexity index is 238. The smallest absolute Gasteiger partial charge is 0.316 e. The van der Waals surface area contributed by atoms with Crippen molar-refractivity contribution < 1.29 is 4.74 Å². The molecule has 0 radical (unpaired) electrons. The van der Waals surface area contributed by atoms with Gasteiger partial charge in [-0.1, -0.05) is 0 Å². The third-order valence-corrected chi connectivity index (χ3v) is 1.83. The minimum atomic E-state index is 0. The molecule has 0 amide bonds. The van der Waals surface area contributed by atoms with Gasteiger partial charge in [0.2, 0.25) is 0 Å².